The van der Waals surface area contributed by atoms with Gasteiger partial charge in [-0.2, -0.15) is 0 Å². The van der Waals surface area contributed by atoms with Gasteiger partial charge in [0.1, 0.15) is 0 Å². The lowest BCUT2D eigenvalue weighted by molar-refractivity contribution is -0.144. The van der Waals surface area contributed by atoms with Gasteiger partial charge in [-0.1, -0.05) is 23.8 Å². The summed E-state index contributed by atoms with van der Waals surface area (Å²) in [5.74, 6) is 1.42. The van der Waals surface area contributed by atoms with Crippen molar-refractivity contribution in [3.8, 4) is 28.7 Å². The van der Waals surface area contributed by atoms with E-state index in [1.54, 1.807) is 21.3 Å². The Labute approximate surface area is 222 Å². The average Bonchev–Trinajstić information content (AvgIpc) is 3.41. The van der Waals surface area contributed by atoms with Crippen molar-refractivity contribution < 1.29 is 33.2 Å². The molecule has 0 saturated heterocycles. The van der Waals surface area contributed by atoms with Crippen molar-refractivity contribution in [2.75, 3.05) is 47.1 Å². The molecule has 8 heteroatoms. The summed E-state index contributed by atoms with van der Waals surface area (Å²) < 4.78 is 33.5. The number of carbonyl (C=O) groups is 1. The Bertz CT molecular complexity index is 1360. The molecule has 8 nitrogen and oxygen atoms in total. The lowest BCUT2D eigenvalue weighted by Crippen LogP contribution is -2.32. The zero-order valence-electron chi connectivity index (χ0n) is 22.1. The Hall–Kier alpha value is -4.33. The molecule has 38 heavy (non-hydrogen) atoms. The second-order valence-electron chi connectivity index (χ2n) is 9.21. The summed E-state index contributed by atoms with van der Waals surface area (Å²) in [5.41, 5.74) is 5.68. The molecule has 1 aliphatic carbocycles. The molecule has 3 aromatic rings. The molecule has 0 saturated carbocycles. The van der Waals surface area contributed by atoms with Crippen molar-refractivity contribution in [3.05, 3.63) is 76.4 Å². The highest BCUT2D eigenvalue weighted by Gasteiger charge is 2.40. The van der Waals surface area contributed by atoms with Gasteiger partial charge < -0.3 is 33.7 Å². The molecule has 0 bridgehead atoms. The van der Waals surface area contributed by atoms with E-state index in [4.69, 9.17) is 28.4 Å². The van der Waals surface area contributed by atoms with E-state index in [9.17, 15) is 4.79 Å². The third-order valence-corrected chi connectivity index (χ3v) is 7.04. The molecule has 0 fully saturated rings. The maximum absolute atomic E-state index is 13.5. The lowest BCUT2D eigenvalue weighted by atomic mass is 9.71. The van der Waals surface area contributed by atoms with Crippen LogP contribution in [-0.2, 0) is 9.53 Å². The number of benzene rings is 3. The Morgan fingerprint density at radius 3 is 2.18 bits per heavy atom. The first kappa shape index (κ1) is 25.3. The number of methoxy groups -OCH3 is 4. The number of rotatable bonds is 8. The van der Waals surface area contributed by atoms with Crippen LogP contribution in [0.4, 0.5) is 5.69 Å². The highest BCUT2D eigenvalue weighted by Crippen LogP contribution is 2.50. The van der Waals surface area contributed by atoms with Gasteiger partial charge in [-0.3, -0.25) is 4.79 Å². The van der Waals surface area contributed by atoms with Crippen LogP contribution in [-0.4, -0.2) is 47.7 Å². The molecule has 0 amide bonds. The minimum absolute atomic E-state index is 0.152. The Kier molecular flexibility index (Phi) is 7.05. The molecule has 0 spiro atoms. The Balaban J connectivity index is 1.67. The smallest absolute Gasteiger partial charge is 0.313 e. The minimum atomic E-state index is -0.617. The number of anilines is 1. The number of hydrogen-bond donors (Lipinski definition) is 1. The summed E-state index contributed by atoms with van der Waals surface area (Å²) in [6.07, 6.45) is 2.04. The number of fused-ring (bicyclic) bond motifs is 2. The van der Waals surface area contributed by atoms with Crippen LogP contribution in [0.25, 0.3) is 6.08 Å². The first-order chi connectivity index (χ1) is 18.5. The highest BCUT2D eigenvalue weighted by molar-refractivity contribution is 5.84. The third-order valence-electron chi connectivity index (χ3n) is 7.04. The van der Waals surface area contributed by atoms with E-state index in [-0.39, 0.29) is 12.8 Å². The second-order valence-corrected chi connectivity index (χ2v) is 9.21. The molecule has 3 aromatic carbocycles. The topological polar surface area (TPSA) is 84.5 Å². The molecule has 198 valence electrons. The van der Waals surface area contributed by atoms with Gasteiger partial charge in [-0.05, 0) is 65.6 Å². The van der Waals surface area contributed by atoms with Crippen LogP contribution >= 0.6 is 0 Å². The quantitative estimate of drug-likeness (QED) is 0.409. The van der Waals surface area contributed by atoms with Gasteiger partial charge in [0.15, 0.2) is 23.0 Å². The maximum Gasteiger partial charge on any atom is 0.313 e. The fourth-order valence-corrected chi connectivity index (χ4v) is 5.15. The molecule has 1 heterocycles. The van der Waals surface area contributed by atoms with Gasteiger partial charge in [0.05, 0.1) is 34.4 Å². The fourth-order valence-electron chi connectivity index (χ4n) is 5.15. The average molecular weight is 518 g/mol. The van der Waals surface area contributed by atoms with Gasteiger partial charge in [0.2, 0.25) is 12.5 Å². The summed E-state index contributed by atoms with van der Waals surface area (Å²) in [6, 6.07) is 15.8. The molecular weight excluding hydrogens is 486 g/mol. The minimum Gasteiger partial charge on any atom is -0.493 e. The Morgan fingerprint density at radius 1 is 0.921 bits per heavy atom. The summed E-state index contributed by atoms with van der Waals surface area (Å²) in [5, 5.41) is 3.47. The molecule has 0 radical (unpaired) electrons. The normalized spacial score (nSPS) is 17.2. The monoisotopic (exact) mass is 517 g/mol. The SMILES string of the molecule is COC(=O)[C@@H]1C(CNc2ccc(C)cc2)=Cc2cc3c(cc2[C@H]1c1cc(OC)c(OC)c(OC)c1)OCO3. The van der Waals surface area contributed by atoms with Crippen molar-refractivity contribution in [1.29, 1.82) is 0 Å². The van der Waals surface area contributed by atoms with Crippen molar-refractivity contribution >= 4 is 17.7 Å². The predicted octanol–water partition coefficient (Wildman–Crippen LogP) is 5.18. The summed E-state index contributed by atoms with van der Waals surface area (Å²) in [6.45, 7) is 2.64. The van der Waals surface area contributed by atoms with Crippen molar-refractivity contribution in [3.63, 3.8) is 0 Å². The van der Waals surface area contributed by atoms with Crippen LogP contribution in [0, 0.1) is 12.8 Å². The zero-order chi connectivity index (χ0) is 26.8. The number of carbonyl (C=O) groups excluding carboxylic acids is 1. The van der Waals surface area contributed by atoms with Gasteiger partial charge >= 0.3 is 5.97 Å². The second kappa shape index (κ2) is 10.6. The van der Waals surface area contributed by atoms with Crippen molar-refractivity contribution in [1.82, 2.24) is 0 Å². The number of hydrogen-bond acceptors (Lipinski definition) is 8. The highest BCUT2D eigenvalue weighted by atomic mass is 16.7. The molecule has 5 rings (SSSR count). The number of ether oxygens (including phenoxy) is 6. The molecule has 1 N–H and O–H groups in total. The molecule has 0 aromatic heterocycles. The van der Waals surface area contributed by atoms with Crippen LogP contribution in [0.5, 0.6) is 28.7 Å². The van der Waals surface area contributed by atoms with Crippen LogP contribution in [0.3, 0.4) is 0 Å². The van der Waals surface area contributed by atoms with E-state index in [1.807, 2.05) is 61.5 Å². The fraction of sp³-hybridized carbons (Fsp3) is 0.300. The van der Waals surface area contributed by atoms with E-state index in [2.05, 4.69) is 5.32 Å². The lowest BCUT2D eigenvalue weighted by Gasteiger charge is -2.34. The maximum atomic E-state index is 13.5. The summed E-state index contributed by atoms with van der Waals surface area (Å²) in [4.78, 5) is 13.5. The molecular formula is C30H31NO7. The van der Waals surface area contributed by atoms with Crippen molar-refractivity contribution in [2.45, 2.75) is 12.8 Å². The van der Waals surface area contributed by atoms with Crippen LogP contribution in [0.1, 0.15) is 28.2 Å². The van der Waals surface area contributed by atoms with Gasteiger partial charge in [-0.15, -0.1) is 0 Å². The van der Waals surface area contributed by atoms with Crippen molar-refractivity contribution in [2.24, 2.45) is 5.92 Å². The largest absolute Gasteiger partial charge is 0.493 e. The molecule has 1 aliphatic heterocycles. The van der Waals surface area contributed by atoms with Crippen LogP contribution in [0.2, 0.25) is 0 Å². The number of aryl methyl sites for hydroxylation is 1. The number of nitrogens with one attached hydrogen (secondary N) is 1. The Morgan fingerprint density at radius 2 is 1.58 bits per heavy atom. The van der Waals surface area contributed by atoms with E-state index >= 15 is 0 Å². The molecule has 0 unspecified atom stereocenters. The first-order valence-electron chi connectivity index (χ1n) is 12.3. The van der Waals surface area contributed by atoms with Crippen LogP contribution < -0.4 is 29.0 Å². The molecule has 2 atom stereocenters. The van der Waals surface area contributed by atoms with Gasteiger partial charge in [0, 0.05) is 18.2 Å². The summed E-state index contributed by atoms with van der Waals surface area (Å²) in [7, 11) is 6.12. The van der Waals surface area contributed by atoms with E-state index in [0.717, 1.165) is 28.0 Å². The summed E-state index contributed by atoms with van der Waals surface area (Å²) >= 11 is 0. The van der Waals surface area contributed by atoms with E-state index in [0.29, 0.717) is 35.3 Å². The number of esters is 1. The van der Waals surface area contributed by atoms with Crippen LogP contribution in [0.15, 0.2) is 54.1 Å². The third kappa shape index (κ3) is 4.58. The van der Waals surface area contributed by atoms with Gasteiger partial charge in [-0.25, -0.2) is 0 Å². The first-order valence-corrected chi connectivity index (χ1v) is 12.3. The van der Waals surface area contributed by atoms with E-state index in [1.165, 1.54) is 12.7 Å². The molecule has 2 aliphatic rings. The predicted molar refractivity (Wildman–Crippen MR) is 144 cm³/mol. The van der Waals surface area contributed by atoms with Gasteiger partial charge in [0.25, 0.3) is 0 Å². The van der Waals surface area contributed by atoms with E-state index < -0.39 is 11.8 Å². The zero-order valence-corrected chi connectivity index (χ0v) is 22.1. The standard InChI is InChI=1S/C30H31NO7/c1-17-6-8-21(9-7-17)31-15-20-10-18-11-23-24(38-16-37-23)14-22(18)27(28(20)30(32)36-5)19-12-25(33-2)29(35-4)26(13-19)34-3/h6-14,27-28,31H,15-16H2,1-5H3/t27-,28-/m1/s1.